The molecule has 1 aromatic rings. The molecule has 1 N–H and O–H groups in total. The van der Waals surface area contributed by atoms with E-state index in [4.69, 9.17) is 0 Å². The number of nitrogens with one attached hydrogen (secondary N) is 1. The summed E-state index contributed by atoms with van der Waals surface area (Å²) in [4.78, 5) is 0. The summed E-state index contributed by atoms with van der Waals surface area (Å²) >= 11 is 0. The Labute approximate surface area is 73.1 Å². The van der Waals surface area contributed by atoms with E-state index in [-0.39, 0.29) is 0 Å². The Morgan fingerprint density at radius 1 is 1.17 bits per heavy atom. The van der Waals surface area contributed by atoms with Gasteiger partial charge in [-0.15, -0.1) is 0 Å². The van der Waals surface area contributed by atoms with Crippen molar-refractivity contribution in [1.82, 2.24) is 5.32 Å². The Balaban J connectivity index is 2.19. The second-order valence-electron chi connectivity index (χ2n) is 3.06. The van der Waals surface area contributed by atoms with Crippen LogP contribution in [0, 0.1) is 0 Å². The summed E-state index contributed by atoms with van der Waals surface area (Å²) in [6.45, 7) is 1.09. The molecule has 2 rings (SSSR count). The Morgan fingerprint density at radius 3 is 2.67 bits per heavy atom. The van der Waals surface area contributed by atoms with Crippen molar-refractivity contribution in [2.75, 3.05) is 6.54 Å². The van der Waals surface area contributed by atoms with Gasteiger partial charge in [-0.05, 0) is 18.5 Å². The smallest absolute Gasteiger partial charge is 0.0506 e. The van der Waals surface area contributed by atoms with E-state index < -0.39 is 0 Å². The Hall–Kier alpha value is -1.08. The highest BCUT2D eigenvalue weighted by Crippen LogP contribution is 2.16. The van der Waals surface area contributed by atoms with Gasteiger partial charge in [0.05, 0.1) is 6.04 Å². The van der Waals surface area contributed by atoms with Gasteiger partial charge >= 0.3 is 0 Å². The van der Waals surface area contributed by atoms with E-state index in [1.807, 2.05) is 0 Å². The van der Waals surface area contributed by atoms with Crippen LogP contribution in [0.25, 0.3) is 0 Å². The van der Waals surface area contributed by atoms with Crippen LogP contribution in [0.15, 0.2) is 42.5 Å². The van der Waals surface area contributed by atoms with Gasteiger partial charge in [0.2, 0.25) is 0 Å². The van der Waals surface area contributed by atoms with Crippen molar-refractivity contribution < 1.29 is 0 Å². The van der Waals surface area contributed by atoms with Crippen LogP contribution in [0.4, 0.5) is 0 Å². The largest absolute Gasteiger partial charge is 0.306 e. The van der Waals surface area contributed by atoms with Crippen molar-refractivity contribution in [2.24, 2.45) is 0 Å². The lowest BCUT2D eigenvalue weighted by molar-refractivity contribution is 0.601. The van der Waals surface area contributed by atoms with Gasteiger partial charge in [-0.3, -0.25) is 0 Å². The summed E-state index contributed by atoms with van der Waals surface area (Å²) in [7, 11) is 0. The zero-order valence-electron chi connectivity index (χ0n) is 7.03. The molecule has 1 heterocycles. The van der Waals surface area contributed by atoms with E-state index in [1.165, 1.54) is 5.56 Å². The zero-order valence-corrected chi connectivity index (χ0v) is 7.03. The third-order valence-electron chi connectivity index (χ3n) is 2.16. The lowest BCUT2D eigenvalue weighted by Gasteiger charge is -2.18. The minimum absolute atomic E-state index is 0.431. The maximum atomic E-state index is 3.45. The van der Waals surface area contributed by atoms with Gasteiger partial charge in [0, 0.05) is 0 Å². The highest BCUT2D eigenvalue weighted by Gasteiger charge is 2.07. The van der Waals surface area contributed by atoms with Crippen molar-refractivity contribution in [3.8, 4) is 0 Å². The van der Waals surface area contributed by atoms with E-state index in [0.717, 1.165) is 13.0 Å². The Morgan fingerprint density at radius 2 is 2.00 bits per heavy atom. The van der Waals surface area contributed by atoms with Crippen molar-refractivity contribution >= 4 is 0 Å². The number of hydrogen-bond donors (Lipinski definition) is 1. The van der Waals surface area contributed by atoms with E-state index in [1.54, 1.807) is 0 Å². The highest BCUT2D eigenvalue weighted by molar-refractivity contribution is 5.23. The molecule has 0 saturated carbocycles. The van der Waals surface area contributed by atoms with Crippen LogP contribution in [-0.2, 0) is 0 Å². The quantitative estimate of drug-likeness (QED) is 0.620. The van der Waals surface area contributed by atoms with E-state index in [0.29, 0.717) is 6.04 Å². The fourth-order valence-corrected chi connectivity index (χ4v) is 1.51. The highest BCUT2D eigenvalue weighted by atomic mass is 14.9. The first-order valence-electron chi connectivity index (χ1n) is 4.42. The monoisotopic (exact) mass is 159 g/mol. The standard InChI is InChI=1S/C11H13N/c1-2-6-10(7-3-1)11-8-4-5-9-12-11/h1-4,6-8,11-12H,5,9H2/t11-/m0/s1. The maximum Gasteiger partial charge on any atom is 0.0506 e. The first kappa shape index (κ1) is 7.56. The minimum Gasteiger partial charge on any atom is -0.306 e. The zero-order chi connectivity index (χ0) is 8.23. The van der Waals surface area contributed by atoms with Crippen molar-refractivity contribution in [2.45, 2.75) is 12.5 Å². The van der Waals surface area contributed by atoms with Crippen LogP contribution >= 0.6 is 0 Å². The molecule has 0 saturated heterocycles. The van der Waals surface area contributed by atoms with Gasteiger partial charge in [-0.25, -0.2) is 0 Å². The van der Waals surface area contributed by atoms with Crippen LogP contribution < -0.4 is 5.32 Å². The summed E-state index contributed by atoms with van der Waals surface area (Å²) < 4.78 is 0. The van der Waals surface area contributed by atoms with Crippen molar-refractivity contribution in [3.63, 3.8) is 0 Å². The molecular formula is C11H13N. The average Bonchev–Trinajstić information content (AvgIpc) is 2.21. The molecule has 0 aromatic heterocycles. The molecule has 1 aliphatic rings. The summed E-state index contributed by atoms with van der Waals surface area (Å²) in [5, 5.41) is 3.45. The predicted octanol–water partition coefficient (Wildman–Crippen LogP) is 2.28. The SMILES string of the molecule is C1=C[C@@H](c2ccccc2)NCC1. The lowest BCUT2D eigenvalue weighted by Crippen LogP contribution is -2.23. The van der Waals surface area contributed by atoms with E-state index in [9.17, 15) is 0 Å². The Bertz CT molecular complexity index is 264. The van der Waals surface area contributed by atoms with Crippen LogP contribution in [0.5, 0.6) is 0 Å². The first-order valence-corrected chi connectivity index (χ1v) is 4.42. The molecule has 0 radical (unpaired) electrons. The maximum absolute atomic E-state index is 3.45. The fraction of sp³-hybridized carbons (Fsp3) is 0.273. The van der Waals surface area contributed by atoms with Gasteiger partial charge in [-0.1, -0.05) is 42.5 Å². The third kappa shape index (κ3) is 1.56. The average molecular weight is 159 g/mol. The summed E-state index contributed by atoms with van der Waals surface area (Å²) in [5.74, 6) is 0. The summed E-state index contributed by atoms with van der Waals surface area (Å²) in [6, 6.07) is 11.0. The fourth-order valence-electron chi connectivity index (χ4n) is 1.51. The summed E-state index contributed by atoms with van der Waals surface area (Å²) in [6.07, 6.45) is 5.64. The van der Waals surface area contributed by atoms with Crippen LogP contribution in [0.1, 0.15) is 18.0 Å². The molecule has 0 unspecified atom stereocenters. The Kier molecular flexibility index (Phi) is 2.23. The minimum atomic E-state index is 0.431. The second kappa shape index (κ2) is 3.55. The third-order valence-corrected chi connectivity index (χ3v) is 2.16. The number of rotatable bonds is 1. The van der Waals surface area contributed by atoms with Gasteiger partial charge in [0.15, 0.2) is 0 Å². The lowest BCUT2D eigenvalue weighted by atomic mass is 10.0. The van der Waals surface area contributed by atoms with Crippen LogP contribution in [-0.4, -0.2) is 6.54 Å². The van der Waals surface area contributed by atoms with Crippen LogP contribution in [0.2, 0.25) is 0 Å². The predicted molar refractivity (Wildman–Crippen MR) is 50.9 cm³/mol. The van der Waals surface area contributed by atoms with Crippen molar-refractivity contribution in [1.29, 1.82) is 0 Å². The van der Waals surface area contributed by atoms with Gasteiger partial charge in [-0.2, -0.15) is 0 Å². The topological polar surface area (TPSA) is 12.0 Å². The van der Waals surface area contributed by atoms with E-state index in [2.05, 4.69) is 47.8 Å². The van der Waals surface area contributed by atoms with E-state index >= 15 is 0 Å². The molecule has 0 aliphatic carbocycles. The molecule has 1 aromatic carbocycles. The molecule has 1 heteroatoms. The van der Waals surface area contributed by atoms with Crippen molar-refractivity contribution in [3.05, 3.63) is 48.0 Å². The first-order chi connectivity index (χ1) is 5.97. The van der Waals surface area contributed by atoms with Gasteiger partial charge in [0.1, 0.15) is 0 Å². The molecule has 12 heavy (non-hydrogen) atoms. The van der Waals surface area contributed by atoms with Crippen LogP contribution in [0.3, 0.4) is 0 Å². The molecule has 1 aliphatic heterocycles. The molecule has 1 atom stereocenters. The molecule has 0 bridgehead atoms. The molecule has 62 valence electrons. The number of hydrogen-bond acceptors (Lipinski definition) is 1. The molecule has 0 fully saturated rings. The molecule has 1 nitrogen and oxygen atoms in total. The summed E-state index contributed by atoms with van der Waals surface area (Å²) in [5.41, 5.74) is 1.36. The molecule has 0 amide bonds. The normalized spacial score (nSPS) is 22.5. The molecule has 0 spiro atoms. The number of benzene rings is 1. The van der Waals surface area contributed by atoms with Gasteiger partial charge < -0.3 is 5.32 Å². The molecular weight excluding hydrogens is 146 g/mol. The second-order valence-corrected chi connectivity index (χ2v) is 3.06. The van der Waals surface area contributed by atoms with Gasteiger partial charge in [0.25, 0.3) is 0 Å².